The number of alkyl halides is 3. The van der Waals surface area contributed by atoms with Crippen LogP contribution in [-0.2, 0) is 0 Å². The first kappa shape index (κ1) is 11.0. The lowest BCUT2D eigenvalue weighted by Gasteiger charge is -2.11. The van der Waals surface area contributed by atoms with E-state index in [2.05, 4.69) is 47.8 Å². The largest absolute Gasteiger partial charge is 0.206 e. The van der Waals surface area contributed by atoms with Crippen LogP contribution in [0, 0.1) is 5.82 Å². The highest BCUT2D eigenvalue weighted by Crippen LogP contribution is 2.48. The van der Waals surface area contributed by atoms with Crippen molar-refractivity contribution in [3.63, 3.8) is 0 Å². The molecule has 0 bridgehead atoms. The van der Waals surface area contributed by atoms with E-state index < -0.39 is 1.47 Å². The standard InChI is InChI=1S/C7H4Br3FS/c8-7(9,10)12-6-4-2-1-3-5(6)11/h1-4H. The summed E-state index contributed by atoms with van der Waals surface area (Å²) in [4.78, 5) is 0.586. The second-order valence-corrected chi connectivity index (χ2v) is 11.6. The van der Waals surface area contributed by atoms with Gasteiger partial charge in [-0.1, -0.05) is 23.9 Å². The SMILES string of the molecule is Fc1ccccc1SC(Br)(Br)Br. The van der Waals surface area contributed by atoms with Gasteiger partial charge in [0, 0.05) is 4.90 Å². The van der Waals surface area contributed by atoms with Crippen LogP contribution < -0.4 is 0 Å². The van der Waals surface area contributed by atoms with Gasteiger partial charge in [0.25, 0.3) is 0 Å². The van der Waals surface area contributed by atoms with Crippen LogP contribution in [-0.4, -0.2) is 1.47 Å². The normalized spacial score (nSPS) is 11.7. The van der Waals surface area contributed by atoms with E-state index in [0.29, 0.717) is 4.90 Å². The van der Waals surface area contributed by atoms with Gasteiger partial charge in [0.2, 0.25) is 0 Å². The predicted molar refractivity (Wildman–Crippen MR) is 61.8 cm³/mol. The number of rotatable bonds is 1. The summed E-state index contributed by atoms with van der Waals surface area (Å²) >= 11 is 11.1. The maximum Gasteiger partial charge on any atom is 0.184 e. The molecular formula is C7H4Br3FS. The highest BCUT2D eigenvalue weighted by Gasteiger charge is 2.20. The van der Waals surface area contributed by atoms with Crippen LogP contribution in [0.15, 0.2) is 29.2 Å². The van der Waals surface area contributed by atoms with Gasteiger partial charge in [-0.3, -0.25) is 0 Å². The fraction of sp³-hybridized carbons (Fsp3) is 0.143. The number of hydrogen-bond acceptors (Lipinski definition) is 1. The summed E-state index contributed by atoms with van der Waals surface area (Å²) in [5, 5.41) is 0. The minimum absolute atomic E-state index is 0.217. The van der Waals surface area contributed by atoms with E-state index in [4.69, 9.17) is 0 Å². The first-order chi connectivity index (χ1) is 5.49. The van der Waals surface area contributed by atoms with Crippen LogP contribution in [0.2, 0.25) is 0 Å². The smallest absolute Gasteiger partial charge is 0.184 e. The maximum absolute atomic E-state index is 13.0. The Morgan fingerprint density at radius 3 is 2.25 bits per heavy atom. The van der Waals surface area contributed by atoms with E-state index in [1.165, 1.54) is 17.8 Å². The summed E-state index contributed by atoms with van der Waals surface area (Å²) in [6.45, 7) is 0. The molecular weight excluding hydrogens is 375 g/mol. The van der Waals surface area contributed by atoms with Crippen molar-refractivity contribution in [2.24, 2.45) is 0 Å². The number of benzene rings is 1. The zero-order valence-electron chi connectivity index (χ0n) is 5.73. The topological polar surface area (TPSA) is 0 Å². The summed E-state index contributed by atoms with van der Waals surface area (Å²) in [6, 6.07) is 6.61. The van der Waals surface area contributed by atoms with E-state index in [1.54, 1.807) is 18.2 Å². The van der Waals surface area contributed by atoms with Crippen molar-refractivity contribution in [1.82, 2.24) is 0 Å². The third-order valence-corrected chi connectivity index (χ3v) is 3.30. The Balaban J connectivity index is 2.83. The maximum atomic E-state index is 13.0. The van der Waals surface area contributed by atoms with Gasteiger partial charge in [0.15, 0.2) is 1.47 Å². The molecule has 0 heterocycles. The molecule has 0 aliphatic heterocycles. The van der Waals surface area contributed by atoms with Crippen LogP contribution in [0.25, 0.3) is 0 Å². The Morgan fingerprint density at radius 2 is 1.75 bits per heavy atom. The van der Waals surface area contributed by atoms with E-state index in [0.717, 1.165) is 0 Å². The first-order valence-electron chi connectivity index (χ1n) is 2.99. The number of thioether (sulfide) groups is 1. The van der Waals surface area contributed by atoms with E-state index in [1.807, 2.05) is 0 Å². The van der Waals surface area contributed by atoms with Crippen molar-refractivity contribution in [2.45, 2.75) is 6.37 Å². The summed E-state index contributed by atoms with van der Waals surface area (Å²) in [6.07, 6.45) is 0. The Kier molecular flexibility index (Phi) is 4.08. The van der Waals surface area contributed by atoms with E-state index in [9.17, 15) is 4.39 Å². The lowest BCUT2D eigenvalue weighted by atomic mass is 10.4. The molecule has 0 aliphatic rings. The second kappa shape index (κ2) is 4.44. The lowest BCUT2D eigenvalue weighted by molar-refractivity contribution is 0.602. The van der Waals surface area contributed by atoms with Gasteiger partial charge in [-0.05, 0) is 59.9 Å². The molecule has 0 saturated heterocycles. The van der Waals surface area contributed by atoms with Gasteiger partial charge in [-0.15, -0.1) is 0 Å². The third-order valence-electron chi connectivity index (χ3n) is 1.06. The fourth-order valence-electron chi connectivity index (χ4n) is 0.652. The van der Waals surface area contributed by atoms with Gasteiger partial charge < -0.3 is 0 Å². The first-order valence-corrected chi connectivity index (χ1v) is 6.19. The second-order valence-electron chi connectivity index (χ2n) is 1.98. The Bertz CT molecular complexity index is 272. The Morgan fingerprint density at radius 1 is 1.17 bits per heavy atom. The fourth-order valence-corrected chi connectivity index (χ4v) is 2.78. The molecule has 0 N–H and O–H groups in total. The van der Waals surface area contributed by atoms with Gasteiger partial charge in [0.1, 0.15) is 5.82 Å². The van der Waals surface area contributed by atoms with Crippen LogP contribution in [0.3, 0.4) is 0 Å². The van der Waals surface area contributed by atoms with E-state index >= 15 is 0 Å². The Hall–Kier alpha value is 0.940. The molecule has 0 nitrogen and oxygen atoms in total. The van der Waals surface area contributed by atoms with Crippen molar-refractivity contribution >= 4 is 59.6 Å². The van der Waals surface area contributed by atoms with Crippen molar-refractivity contribution < 1.29 is 4.39 Å². The van der Waals surface area contributed by atoms with Crippen LogP contribution >= 0.6 is 59.6 Å². The molecule has 0 atom stereocenters. The number of halogens is 4. The molecule has 66 valence electrons. The zero-order chi connectivity index (χ0) is 9.19. The average Bonchev–Trinajstić information content (AvgIpc) is 1.91. The lowest BCUT2D eigenvalue weighted by Crippen LogP contribution is -1.91. The molecule has 0 spiro atoms. The molecule has 1 aromatic carbocycles. The van der Waals surface area contributed by atoms with Crippen molar-refractivity contribution in [2.75, 3.05) is 0 Å². The van der Waals surface area contributed by atoms with Gasteiger partial charge in [0.05, 0.1) is 0 Å². The van der Waals surface area contributed by atoms with Crippen LogP contribution in [0.4, 0.5) is 4.39 Å². The Labute approximate surface area is 99.7 Å². The third kappa shape index (κ3) is 3.77. The van der Waals surface area contributed by atoms with Crippen molar-refractivity contribution in [1.29, 1.82) is 0 Å². The molecule has 1 aromatic rings. The average molecular weight is 379 g/mol. The molecule has 0 fully saturated rings. The quantitative estimate of drug-likeness (QED) is 0.503. The molecule has 0 saturated carbocycles. The molecule has 0 amide bonds. The number of hydrogen-bond donors (Lipinski definition) is 0. The molecule has 1 rings (SSSR count). The molecule has 0 radical (unpaired) electrons. The molecule has 5 heteroatoms. The van der Waals surface area contributed by atoms with E-state index in [-0.39, 0.29) is 5.82 Å². The zero-order valence-corrected chi connectivity index (χ0v) is 11.3. The molecule has 0 aliphatic carbocycles. The summed E-state index contributed by atoms with van der Waals surface area (Å²) in [5.41, 5.74) is 0. The highest BCUT2D eigenvalue weighted by molar-refractivity contribution is 9.42. The highest BCUT2D eigenvalue weighted by atomic mass is 80.0. The summed E-state index contributed by atoms with van der Waals surface area (Å²) < 4.78 is 12.5. The van der Waals surface area contributed by atoms with Crippen molar-refractivity contribution in [3.8, 4) is 0 Å². The van der Waals surface area contributed by atoms with Gasteiger partial charge in [-0.2, -0.15) is 0 Å². The summed E-state index contributed by atoms with van der Waals surface area (Å²) in [5.74, 6) is -0.217. The molecule has 12 heavy (non-hydrogen) atoms. The van der Waals surface area contributed by atoms with Crippen molar-refractivity contribution in [3.05, 3.63) is 30.1 Å². The minimum Gasteiger partial charge on any atom is -0.206 e. The minimum atomic E-state index is -0.491. The predicted octanol–water partition coefficient (Wildman–Crippen LogP) is 4.71. The molecule has 0 aromatic heterocycles. The van der Waals surface area contributed by atoms with Crippen LogP contribution in [0.1, 0.15) is 0 Å². The van der Waals surface area contributed by atoms with Gasteiger partial charge >= 0.3 is 0 Å². The summed E-state index contributed by atoms with van der Waals surface area (Å²) in [7, 11) is 0. The van der Waals surface area contributed by atoms with Crippen LogP contribution in [0.5, 0.6) is 0 Å². The van der Waals surface area contributed by atoms with Gasteiger partial charge in [-0.25, -0.2) is 4.39 Å². The monoisotopic (exact) mass is 376 g/mol. The molecule has 0 unspecified atom stereocenters.